The van der Waals surface area contributed by atoms with Gasteiger partial charge in [-0.3, -0.25) is 4.72 Å². The number of hydrogen-bond donors (Lipinski definition) is 3. The lowest BCUT2D eigenvalue weighted by Crippen LogP contribution is -2.23. The average molecular weight is 296 g/mol. The maximum absolute atomic E-state index is 11.6. The van der Waals surface area contributed by atoms with E-state index in [1.807, 2.05) is 4.72 Å². The third kappa shape index (κ3) is 3.28. The van der Waals surface area contributed by atoms with Gasteiger partial charge in [0.1, 0.15) is 0 Å². The molecule has 1 aromatic carbocycles. The van der Waals surface area contributed by atoms with E-state index in [0.29, 0.717) is 15.9 Å². The second-order valence-corrected chi connectivity index (χ2v) is 13.0. The van der Waals surface area contributed by atoms with Gasteiger partial charge in [-0.1, -0.05) is 18.2 Å². The van der Waals surface area contributed by atoms with E-state index in [2.05, 4.69) is 0 Å². The molecule has 6 nitrogen and oxygen atoms in total. The van der Waals surface area contributed by atoms with Gasteiger partial charge in [-0.2, -0.15) is 0 Å². The second kappa shape index (κ2) is 5.17. The fourth-order valence-electron chi connectivity index (χ4n) is 1.01. The van der Waals surface area contributed by atoms with Crippen molar-refractivity contribution >= 4 is 34.2 Å². The van der Waals surface area contributed by atoms with E-state index in [-0.39, 0.29) is 0 Å². The van der Waals surface area contributed by atoms with Gasteiger partial charge in [-0.05, 0) is 26.5 Å². The molecule has 9 heteroatoms. The summed E-state index contributed by atoms with van der Waals surface area (Å²) in [5.41, 5.74) is 0. The molecule has 0 aliphatic heterocycles. The fourth-order valence-corrected chi connectivity index (χ4v) is 6.25. The second-order valence-electron chi connectivity index (χ2n) is 3.07. The van der Waals surface area contributed by atoms with Gasteiger partial charge in [0, 0.05) is 15.9 Å². The van der Waals surface area contributed by atoms with Crippen molar-refractivity contribution in [1.82, 2.24) is 4.72 Å². The lowest BCUT2D eigenvalue weighted by Gasteiger charge is -2.31. The van der Waals surface area contributed by atoms with Crippen LogP contribution in [0.3, 0.4) is 0 Å². The Hall–Kier alpha value is -0.900. The molecule has 0 fully saturated rings. The lowest BCUT2D eigenvalue weighted by molar-refractivity contribution is 0.202. The van der Waals surface area contributed by atoms with E-state index in [9.17, 15) is 13.2 Å². The number of carboxylic acid groups (broad SMARTS) is 1. The van der Waals surface area contributed by atoms with E-state index in [4.69, 9.17) is 10.2 Å². The van der Waals surface area contributed by atoms with E-state index in [1.165, 1.54) is 6.26 Å². The topological polar surface area (TPSA) is 109 Å². The number of nitrogens with one attached hydrogen (secondary N) is 1. The maximum atomic E-state index is 11.6. The van der Waals surface area contributed by atoms with Crippen LogP contribution in [0.15, 0.2) is 35.2 Å². The van der Waals surface area contributed by atoms with Crippen molar-refractivity contribution in [3.8, 4) is 0 Å². The zero-order valence-electron chi connectivity index (χ0n) is 8.86. The Kier molecular flexibility index (Phi) is 4.31. The number of benzene rings is 1. The first kappa shape index (κ1) is 14.2. The monoisotopic (exact) mass is 296 g/mol. The number of carbonyl (C=O) groups is 1. The van der Waals surface area contributed by atoms with Gasteiger partial charge in [0.05, 0.1) is 0 Å². The molecular formula is C8H12N2O4S3. The molecule has 17 heavy (non-hydrogen) atoms. The van der Waals surface area contributed by atoms with Gasteiger partial charge in [-0.15, -0.1) is 0 Å². The molecule has 0 radical (unpaired) electrons. The first-order valence-corrected chi connectivity index (χ1v) is 9.75. The van der Waals surface area contributed by atoms with E-state index < -0.39 is 23.2 Å². The van der Waals surface area contributed by atoms with Crippen molar-refractivity contribution in [2.24, 2.45) is 5.14 Å². The smallest absolute Gasteiger partial charge is 0.415 e. The Labute approximate surface area is 104 Å². The van der Waals surface area contributed by atoms with Crippen molar-refractivity contribution in [3.05, 3.63) is 30.3 Å². The van der Waals surface area contributed by atoms with Crippen LogP contribution in [0.25, 0.3) is 0 Å². The fraction of sp³-hybridized carbons (Fsp3) is 0.125. The predicted octanol–water partition coefficient (Wildman–Crippen LogP) is 1.51. The summed E-state index contributed by atoms with van der Waals surface area (Å²) in [6, 6.07) is 8.30. The minimum atomic E-state index is -3.89. The van der Waals surface area contributed by atoms with Crippen LogP contribution < -0.4 is 9.86 Å². The van der Waals surface area contributed by atoms with E-state index in [1.54, 1.807) is 30.3 Å². The Morgan fingerprint density at radius 1 is 1.35 bits per heavy atom. The summed E-state index contributed by atoms with van der Waals surface area (Å²) in [6.07, 6.45) is 0.117. The minimum Gasteiger partial charge on any atom is -0.464 e. The SMILES string of the molecule is CS(SNC(=O)O)(c1ccccc1)S(N)(=O)=O. The van der Waals surface area contributed by atoms with Gasteiger partial charge in [0.15, 0.2) is 0 Å². The predicted molar refractivity (Wildman–Crippen MR) is 70.1 cm³/mol. The molecule has 1 aromatic rings. The molecular weight excluding hydrogens is 284 g/mol. The van der Waals surface area contributed by atoms with Crippen molar-refractivity contribution in [1.29, 1.82) is 0 Å². The zero-order valence-corrected chi connectivity index (χ0v) is 11.3. The maximum Gasteiger partial charge on any atom is 0.415 e. The zero-order chi connectivity index (χ0) is 13.1. The summed E-state index contributed by atoms with van der Waals surface area (Å²) in [7, 11) is -5.83. The Morgan fingerprint density at radius 2 is 1.88 bits per heavy atom. The molecule has 0 aliphatic carbocycles. The molecule has 96 valence electrons. The van der Waals surface area contributed by atoms with Crippen LogP contribution in [-0.2, 0) is 9.06 Å². The van der Waals surface area contributed by atoms with Gasteiger partial charge >= 0.3 is 6.09 Å². The Bertz CT molecular complexity index is 505. The van der Waals surface area contributed by atoms with Crippen LogP contribution in [0.2, 0.25) is 0 Å². The molecule has 1 unspecified atom stereocenters. The van der Waals surface area contributed by atoms with Gasteiger partial charge in [-0.25, -0.2) is 18.4 Å². The molecule has 1 amide bonds. The quantitative estimate of drug-likeness (QED) is 0.576. The number of hydrogen-bond acceptors (Lipinski definition) is 4. The average Bonchev–Trinajstić information content (AvgIpc) is 2.25. The van der Waals surface area contributed by atoms with E-state index >= 15 is 0 Å². The number of nitrogens with two attached hydrogens (primary N) is 1. The molecule has 0 heterocycles. The first-order valence-electron chi connectivity index (χ1n) is 4.31. The third-order valence-electron chi connectivity index (χ3n) is 1.90. The highest BCUT2D eigenvalue weighted by Crippen LogP contribution is 2.65. The Morgan fingerprint density at radius 3 is 2.29 bits per heavy atom. The minimum absolute atomic E-state index is 0.487. The largest absolute Gasteiger partial charge is 0.464 e. The molecule has 0 saturated heterocycles. The normalized spacial score (nSPS) is 16.8. The van der Waals surface area contributed by atoms with Crippen molar-refractivity contribution in [3.63, 3.8) is 0 Å². The van der Waals surface area contributed by atoms with Crippen LogP contribution in [0.5, 0.6) is 0 Å². The summed E-state index contributed by atoms with van der Waals surface area (Å²) < 4.78 is 25.3. The van der Waals surface area contributed by atoms with Crippen molar-refractivity contribution in [2.45, 2.75) is 4.90 Å². The molecule has 1 rings (SSSR count). The van der Waals surface area contributed by atoms with Crippen LogP contribution in [-0.4, -0.2) is 25.9 Å². The van der Waals surface area contributed by atoms with Crippen LogP contribution in [0.1, 0.15) is 0 Å². The summed E-state index contributed by atoms with van der Waals surface area (Å²) in [6.45, 7) is 0. The van der Waals surface area contributed by atoms with Crippen LogP contribution in [0, 0.1) is 0 Å². The van der Waals surface area contributed by atoms with Gasteiger partial charge < -0.3 is 5.11 Å². The molecule has 0 bridgehead atoms. The van der Waals surface area contributed by atoms with E-state index in [0.717, 1.165) is 0 Å². The first-order chi connectivity index (χ1) is 7.77. The molecule has 4 N–H and O–H groups in total. The summed E-state index contributed by atoms with van der Waals surface area (Å²) >= 11 is 0. The summed E-state index contributed by atoms with van der Waals surface area (Å²) in [5, 5.41) is 13.7. The molecule has 0 saturated carbocycles. The number of amides is 1. The Balaban J connectivity index is 3.17. The molecule has 1 atom stereocenters. The molecule has 0 aliphatic rings. The molecule has 0 aromatic heterocycles. The highest BCUT2D eigenvalue weighted by atomic mass is 33.6. The van der Waals surface area contributed by atoms with Gasteiger partial charge in [0.2, 0.25) is 0 Å². The van der Waals surface area contributed by atoms with Crippen LogP contribution >= 0.6 is 19.1 Å². The van der Waals surface area contributed by atoms with Crippen molar-refractivity contribution in [2.75, 3.05) is 6.26 Å². The lowest BCUT2D eigenvalue weighted by atomic mass is 10.4. The highest BCUT2D eigenvalue weighted by Gasteiger charge is 2.34. The summed E-state index contributed by atoms with van der Waals surface area (Å²) in [4.78, 5) is 10.9. The number of rotatable bonds is 4. The standard InChI is InChI=1S/C8H12N2O4S3/c1-16(17(9,13)14,15-10-8(11)12)7-5-3-2-4-6-7/h2-6,10H,1H3,(H,11,12)(H2,9,13,14). The third-order valence-corrected chi connectivity index (χ3v) is 11.8. The van der Waals surface area contributed by atoms with Crippen molar-refractivity contribution < 1.29 is 18.3 Å². The molecule has 0 spiro atoms. The van der Waals surface area contributed by atoms with Crippen LogP contribution in [0.4, 0.5) is 4.79 Å². The highest BCUT2D eigenvalue weighted by molar-refractivity contribution is 9.21. The summed E-state index contributed by atoms with van der Waals surface area (Å²) in [5.74, 6) is 0. The van der Waals surface area contributed by atoms with Gasteiger partial charge in [0.25, 0.3) is 9.06 Å².